The van der Waals surface area contributed by atoms with Crippen LogP contribution in [0.2, 0.25) is 0 Å². The van der Waals surface area contributed by atoms with Gasteiger partial charge in [-0.25, -0.2) is 17.6 Å². The summed E-state index contributed by atoms with van der Waals surface area (Å²) < 4.78 is 61.3. The first-order valence-corrected chi connectivity index (χ1v) is 8.47. The summed E-state index contributed by atoms with van der Waals surface area (Å²) in [6, 6.07) is 8.92. The van der Waals surface area contributed by atoms with Crippen molar-refractivity contribution in [1.82, 2.24) is 0 Å². The topological polar surface area (TPSA) is 40.5 Å². The molecule has 0 radical (unpaired) electrons. The Hall–Kier alpha value is -2.24. The van der Waals surface area contributed by atoms with Gasteiger partial charge in [-0.05, 0) is 35.4 Å². The molecule has 26 heavy (non-hydrogen) atoms. The second-order valence-electron chi connectivity index (χ2n) is 6.36. The number of benzene rings is 2. The van der Waals surface area contributed by atoms with E-state index in [0.717, 1.165) is 55.5 Å². The van der Waals surface area contributed by atoms with Gasteiger partial charge in [0.1, 0.15) is 16.9 Å². The largest absolute Gasteiger partial charge is 0.508 e. The molecule has 0 aliphatic carbocycles. The van der Waals surface area contributed by atoms with E-state index < -0.39 is 30.1 Å². The second-order valence-corrected chi connectivity index (χ2v) is 6.36. The molecular weight excluding hydrogens is 348 g/mol. The molecule has 0 fully saturated rings. The Kier molecular flexibility index (Phi) is 5.54. The summed E-state index contributed by atoms with van der Waals surface area (Å²) in [6.45, 7) is 2.67. The molecule has 0 saturated heterocycles. The summed E-state index contributed by atoms with van der Waals surface area (Å²) in [6.07, 6.45) is -1.51. The van der Waals surface area contributed by atoms with Crippen LogP contribution in [0, 0.1) is 0 Å². The van der Waals surface area contributed by atoms with E-state index >= 15 is 17.6 Å². The molecule has 0 atom stereocenters. The van der Waals surface area contributed by atoms with Crippen LogP contribution in [0.5, 0.6) is 11.5 Å². The minimum atomic E-state index is -3.78. The number of rotatable bonds is 7. The number of halogens is 4. The highest BCUT2D eigenvalue weighted by Gasteiger charge is 2.68. The summed E-state index contributed by atoms with van der Waals surface area (Å²) in [5.41, 5.74) is -3.50. The Labute approximate surface area is 150 Å². The minimum Gasteiger partial charge on any atom is -0.508 e. The Bertz CT molecular complexity index is 679. The van der Waals surface area contributed by atoms with Crippen molar-refractivity contribution in [1.29, 1.82) is 0 Å². The van der Waals surface area contributed by atoms with Gasteiger partial charge >= 0.3 is 0 Å². The molecule has 2 nitrogen and oxygen atoms in total. The molecule has 2 aromatic rings. The van der Waals surface area contributed by atoms with Crippen LogP contribution in [-0.4, -0.2) is 22.1 Å². The van der Waals surface area contributed by atoms with Crippen LogP contribution < -0.4 is 0 Å². The Morgan fingerprint density at radius 1 is 0.692 bits per heavy atom. The second kappa shape index (κ2) is 7.17. The van der Waals surface area contributed by atoms with Crippen LogP contribution in [0.4, 0.5) is 17.6 Å². The smallest absolute Gasteiger partial charge is 0.267 e. The number of phenolic OH excluding ortho intramolecular Hbond substituents is 2. The van der Waals surface area contributed by atoms with Crippen molar-refractivity contribution in [2.24, 2.45) is 0 Å². The third kappa shape index (κ3) is 3.13. The van der Waals surface area contributed by atoms with E-state index in [4.69, 9.17) is 0 Å². The average Bonchev–Trinajstić information content (AvgIpc) is 2.58. The van der Waals surface area contributed by atoms with Crippen molar-refractivity contribution < 1.29 is 27.8 Å². The normalized spacial score (nSPS) is 13.0. The number of alkyl halides is 4. The van der Waals surface area contributed by atoms with E-state index in [1.165, 1.54) is 6.92 Å². The van der Waals surface area contributed by atoms with Gasteiger partial charge < -0.3 is 10.2 Å². The maximum absolute atomic E-state index is 15.4. The SMILES string of the molecule is CCCC(F)(F)C(c1ccc(O)cc1)(c1ccc(O)cc1)C(F)(F)CC. The van der Waals surface area contributed by atoms with Crippen molar-refractivity contribution in [3.8, 4) is 11.5 Å². The molecule has 0 spiro atoms. The number of hydrogen-bond donors (Lipinski definition) is 2. The van der Waals surface area contributed by atoms with Gasteiger partial charge in [-0.1, -0.05) is 44.5 Å². The predicted octanol–water partition coefficient (Wildman–Crippen LogP) is 5.86. The van der Waals surface area contributed by atoms with E-state index in [1.54, 1.807) is 0 Å². The van der Waals surface area contributed by atoms with Gasteiger partial charge in [0.05, 0.1) is 0 Å². The first kappa shape index (κ1) is 20.1. The molecule has 0 aliphatic rings. The van der Waals surface area contributed by atoms with Gasteiger partial charge in [0, 0.05) is 12.8 Å². The number of aromatic hydroxyl groups is 2. The summed E-state index contributed by atoms with van der Waals surface area (Å²) in [7, 11) is 0. The van der Waals surface area contributed by atoms with E-state index in [2.05, 4.69) is 0 Å². The summed E-state index contributed by atoms with van der Waals surface area (Å²) in [5.74, 6) is -7.95. The summed E-state index contributed by atoms with van der Waals surface area (Å²) in [4.78, 5) is 0. The Morgan fingerprint density at radius 2 is 1.08 bits per heavy atom. The van der Waals surface area contributed by atoms with Gasteiger partial charge in [-0.15, -0.1) is 0 Å². The van der Waals surface area contributed by atoms with Crippen LogP contribution in [0.1, 0.15) is 44.2 Å². The van der Waals surface area contributed by atoms with Gasteiger partial charge in [-0.2, -0.15) is 0 Å². The third-order valence-corrected chi connectivity index (χ3v) is 4.71. The molecular formula is C20H22F4O2. The minimum absolute atomic E-state index is 0.0186. The van der Waals surface area contributed by atoms with Crippen LogP contribution in [0.3, 0.4) is 0 Å². The molecule has 0 saturated carbocycles. The van der Waals surface area contributed by atoms with Gasteiger partial charge in [-0.3, -0.25) is 0 Å². The van der Waals surface area contributed by atoms with Crippen molar-refractivity contribution >= 4 is 0 Å². The first-order valence-electron chi connectivity index (χ1n) is 8.47. The summed E-state index contributed by atoms with van der Waals surface area (Å²) in [5, 5.41) is 19.0. The standard InChI is InChI=1S/C20H22F4O2/c1-3-13-19(23,24)20(18(21,22)4-2,14-5-9-16(25)10-6-14)15-7-11-17(26)12-8-15/h5-12,25-26H,3-4,13H2,1-2H3. The molecule has 6 heteroatoms. The molecule has 0 heterocycles. The third-order valence-electron chi connectivity index (χ3n) is 4.71. The van der Waals surface area contributed by atoms with E-state index in [-0.39, 0.29) is 29.0 Å². The zero-order valence-corrected chi connectivity index (χ0v) is 14.6. The molecule has 2 aromatic carbocycles. The van der Waals surface area contributed by atoms with Crippen molar-refractivity contribution in [2.45, 2.75) is 50.4 Å². The van der Waals surface area contributed by atoms with E-state index in [1.807, 2.05) is 0 Å². The maximum Gasteiger partial charge on any atom is 0.267 e. The highest BCUT2D eigenvalue weighted by atomic mass is 19.3. The van der Waals surface area contributed by atoms with E-state index in [0.29, 0.717) is 0 Å². The van der Waals surface area contributed by atoms with Crippen LogP contribution in [0.15, 0.2) is 48.5 Å². The first-order chi connectivity index (χ1) is 12.1. The molecule has 0 unspecified atom stereocenters. The van der Waals surface area contributed by atoms with Crippen LogP contribution in [-0.2, 0) is 5.41 Å². The van der Waals surface area contributed by atoms with E-state index in [9.17, 15) is 10.2 Å². The van der Waals surface area contributed by atoms with Crippen LogP contribution in [0.25, 0.3) is 0 Å². The monoisotopic (exact) mass is 370 g/mol. The van der Waals surface area contributed by atoms with Crippen LogP contribution >= 0.6 is 0 Å². The Balaban J connectivity index is 2.92. The van der Waals surface area contributed by atoms with Crippen molar-refractivity contribution in [3.63, 3.8) is 0 Å². The fraction of sp³-hybridized carbons (Fsp3) is 0.400. The predicted molar refractivity (Wildman–Crippen MR) is 92.1 cm³/mol. The molecule has 0 aliphatic heterocycles. The zero-order valence-electron chi connectivity index (χ0n) is 14.6. The molecule has 2 rings (SSSR count). The molecule has 0 aromatic heterocycles. The van der Waals surface area contributed by atoms with Crippen molar-refractivity contribution in [3.05, 3.63) is 59.7 Å². The highest BCUT2D eigenvalue weighted by molar-refractivity contribution is 5.48. The lowest BCUT2D eigenvalue weighted by molar-refractivity contribution is -0.182. The zero-order chi connectivity index (χ0) is 19.6. The number of phenols is 2. The van der Waals surface area contributed by atoms with Crippen molar-refractivity contribution in [2.75, 3.05) is 0 Å². The van der Waals surface area contributed by atoms with Gasteiger partial charge in [0.2, 0.25) is 0 Å². The maximum atomic E-state index is 15.4. The van der Waals surface area contributed by atoms with Gasteiger partial charge in [0.25, 0.3) is 11.8 Å². The lowest BCUT2D eigenvalue weighted by atomic mass is 9.63. The lowest BCUT2D eigenvalue weighted by Gasteiger charge is -2.46. The fourth-order valence-electron chi connectivity index (χ4n) is 3.47. The molecule has 0 amide bonds. The number of hydrogen-bond acceptors (Lipinski definition) is 2. The average molecular weight is 370 g/mol. The highest BCUT2D eigenvalue weighted by Crippen LogP contribution is 2.57. The lowest BCUT2D eigenvalue weighted by Crippen LogP contribution is -2.58. The fourth-order valence-corrected chi connectivity index (χ4v) is 3.47. The summed E-state index contributed by atoms with van der Waals surface area (Å²) >= 11 is 0. The van der Waals surface area contributed by atoms with Gasteiger partial charge in [0.15, 0.2) is 0 Å². The molecule has 142 valence electrons. The quantitative estimate of drug-likeness (QED) is 0.599. The Morgan fingerprint density at radius 3 is 1.38 bits per heavy atom. The molecule has 0 bridgehead atoms. The molecule has 2 N–H and O–H groups in total.